The number of phenols is 1. The first-order valence-electron chi connectivity index (χ1n) is 9.98. The van der Waals surface area contributed by atoms with Crippen LogP contribution in [0.3, 0.4) is 0 Å². The van der Waals surface area contributed by atoms with Crippen LogP contribution in [-0.4, -0.2) is 53.9 Å². The fraction of sp³-hybridized carbons (Fsp3) is 0.429. The SMILES string of the molecule is CCN(CC)S(=O)(=O)c1ccc(O)c(NC(=O)c2[nH]c(C)c(C(=O)OC(C)C)c2C)c1. The van der Waals surface area contributed by atoms with Gasteiger partial charge in [-0.15, -0.1) is 0 Å². The van der Waals surface area contributed by atoms with E-state index in [1.165, 1.54) is 22.5 Å². The van der Waals surface area contributed by atoms with Gasteiger partial charge in [0.05, 0.1) is 22.3 Å². The minimum absolute atomic E-state index is 0.0510. The number of ether oxygens (including phenoxy) is 1. The van der Waals surface area contributed by atoms with Crippen LogP contribution >= 0.6 is 0 Å². The maximum Gasteiger partial charge on any atom is 0.340 e. The predicted octanol–water partition coefficient (Wildman–Crippen LogP) is 3.19. The van der Waals surface area contributed by atoms with E-state index in [2.05, 4.69) is 10.3 Å². The molecule has 0 bridgehead atoms. The lowest BCUT2D eigenvalue weighted by Gasteiger charge is -2.19. The largest absolute Gasteiger partial charge is 0.506 e. The fourth-order valence-electron chi connectivity index (χ4n) is 3.23. The number of sulfonamides is 1. The molecule has 0 aliphatic rings. The highest BCUT2D eigenvalue weighted by atomic mass is 32.2. The average molecular weight is 452 g/mol. The molecule has 0 aliphatic carbocycles. The molecule has 31 heavy (non-hydrogen) atoms. The first kappa shape index (κ1) is 24.4. The van der Waals surface area contributed by atoms with Gasteiger partial charge in [-0.2, -0.15) is 4.31 Å². The molecular weight excluding hydrogens is 422 g/mol. The summed E-state index contributed by atoms with van der Waals surface area (Å²) in [5.41, 5.74) is 1.18. The Morgan fingerprint density at radius 1 is 1.19 bits per heavy atom. The van der Waals surface area contributed by atoms with Crippen molar-refractivity contribution in [1.82, 2.24) is 9.29 Å². The number of aryl methyl sites for hydroxylation is 1. The molecule has 0 atom stereocenters. The van der Waals surface area contributed by atoms with Gasteiger partial charge in [0.2, 0.25) is 10.0 Å². The van der Waals surface area contributed by atoms with Crippen molar-refractivity contribution in [2.75, 3.05) is 18.4 Å². The Morgan fingerprint density at radius 3 is 2.35 bits per heavy atom. The van der Waals surface area contributed by atoms with Gasteiger partial charge in [0.15, 0.2) is 0 Å². The minimum Gasteiger partial charge on any atom is -0.506 e. The number of anilines is 1. The van der Waals surface area contributed by atoms with Crippen molar-refractivity contribution >= 4 is 27.6 Å². The number of hydrogen-bond donors (Lipinski definition) is 3. The van der Waals surface area contributed by atoms with Gasteiger partial charge in [-0.1, -0.05) is 13.8 Å². The molecule has 1 amide bonds. The second-order valence-corrected chi connectivity index (χ2v) is 9.24. The summed E-state index contributed by atoms with van der Waals surface area (Å²) in [6.45, 7) is 10.7. The summed E-state index contributed by atoms with van der Waals surface area (Å²) in [5, 5.41) is 12.7. The van der Waals surface area contributed by atoms with Gasteiger partial charge in [-0.25, -0.2) is 13.2 Å². The number of aromatic amines is 1. The van der Waals surface area contributed by atoms with Crippen LogP contribution in [0.2, 0.25) is 0 Å². The van der Waals surface area contributed by atoms with Crippen molar-refractivity contribution in [2.45, 2.75) is 52.5 Å². The number of H-pyrrole nitrogens is 1. The Hall–Kier alpha value is -2.85. The Balaban J connectivity index is 2.38. The molecular formula is C21H29N3O6S. The van der Waals surface area contributed by atoms with Gasteiger partial charge in [0.25, 0.3) is 5.91 Å². The van der Waals surface area contributed by atoms with E-state index in [1.807, 2.05) is 0 Å². The van der Waals surface area contributed by atoms with Gasteiger partial charge in [-0.05, 0) is 51.5 Å². The quantitative estimate of drug-likeness (QED) is 0.418. The number of esters is 1. The average Bonchev–Trinajstić information content (AvgIpc) is 2.97. The Kier molecular flexibility index (Phi) is 7.50. The number of carbonyl (C=O) groups is 2. The van der Waals surface area contributed by atoms with E-state index in [1.54, 1.807) is 41.5 Å². The maximum absolute atomic E-state index is 12.8. The molecule has 10 heteroatoms. The molecule has 1 aromatic heterocycles. The Labute approximate surface area is 182 Å². The number of phenolic OH excluding ortho intramolecular Hbond substituents is 1. The van der Waals surface area contributed by atoms with E-state index in [0.717, 1.165) is 0 Å². The standard InChI is InChI=1S/C21H29N3O6S/c1-7-24(8-2)31(28,29)15-9-10-17(25)16(11-15)23-20(26)19-13(5)18(14(6)22-19)21(27)30-12(3)4/h9-12,22,25H,7-8H2,1-6H3,(H,23,26). The fourth-order valence-corrected chi connectivity index (χ4v) is 4.71. The van der Waals surface area contributed by atoms with Crippen molar-refractivity contribution in [3.63, 3.8) is 0 Å². The number of amides is 1. The molecule has 2 rings (SSSR count). The lowest BCUT2D eigenvalue weighted by atomic mass is 10.1. The monoisotopic (exact) mass is 451 g/mol. The maximum atomic E-state index is 12.8. The summed E-state index contributed by atoms with van der Waals surface area (Å²) < 4.78 is 32.0. The molecule has 9 nitrogen and oxygen atoms in total. The smallest absolute Gasteiger partial charge is 0.340 e. The van der Waals surface area contributed by atoms with Crippen LogP contribution in [0.15, 0.2) is 23.1 Å². The Bertz CT molecular complexity index is 1080. The van der Waals surface area contributed by atoms with Crippen LogP contribution in [0, 0.1) is 13.8 Å². The number of benzene rings is 1. The third kappa shape index (κ3) is 5.08. The highest BCUT2D eigenvalue weighted by Crippen LogP contribution is 2.29. The first-order chi connectivity index (χ1) is 14.4. The summed E-state index contributed by atoms with van der Waals surface area (Å²) in [6, 6.07) is 3.70. The zero-order chi connectivity index (χ0) is 23.5. The first-order valence-corrected chi connectivity index (χ1v) is 11.4. The highest BCUT2D eigenvalue weighted by Gasteiger charge is 2.26. The summed E-state index contributed by atoms with van der Waals surface area (Å²) in [7, 11) is -3.77. The lowest BCUT2D eigenvalue weighted by Crippen LogP contribution is -2.30. The van der Waals surface area contributed by atoms with Crippen LogP contribution in [0.25, 0.3) is 0 Å². The summed E-state index contributed by atoms with van der Waals surface area (Å²) >= 11 is 0. The molecule has 0 saturated carbocycles. The molecule has 0 spiro atoms. The van der Waals surface area contributed by atoms with Gasteiger partial charge in [0.1, 0.15) is 11.4 Å². The third-order valence-electron chi connectivity index (χ3n) is 4.77. The number of aromatic hydroxyl groups is 1. The second-order valence-electron chi connectivity index (χ2n) is 7.30. The van der Waals surface area contributed by atoms with Crippen molar-refractivity contribution in [2.24, 2.45) is 0 Å². The minimum atomic E-state index is -3.77. The molecule has 170 valence electrons. The van der Waals surface area contributed by atoms with Crippen LogP contribution in [0.4, 0.5) is 5.69 Å². The summed E-state index contributed by atoms with van der Waals surface area (Å²) in [4.78, 5) is 28.0. The van der Waals surface area contributed by atoms with E-state index in [-0.39, 0.29) is 46.8 Å². The second kappa shape index (κ2) is 9.52. The Morgan fingerprint density at radius 2 is 1.81 bits per heavy atom. The molecule has 0 unspecified atom stereocenters. The molecule has 0 fully saturated rings. The molecule has 3 N–H and O–H groups in total. The van der Waals surface area contributed by atoms with Gasteiger partial charge >= 0.3 is 5.97 Å². The summed E-state index contributed by atoms with van der Waals surface area (Å²) in [6.07, 6.45) is -0.314. The number of carbonyl (C=O) groups excluding carboxylic acids is 2. The number of nitrogens with zero attached hydrogens (tertiary/aromatic N) is 1. The highest BCUT2D eigenvalue weighted by molar-refractivity contribution is 7.89. The number of rotatable bonds is 8. The van der Waals surface area contributed by atoms with Gasteiger partial charge in [-0.3, -0.25) is 4.79 Å². The van der Waals surface area contributed by atoms with Crippen molar-refractivity contribution in [1.29, 1.82) is 0 Å². The molecule has 2 aromatic rings. The zero-order valence-electron chi connectivity index (χ0n) is 18.6. The number of hydrogen-bond acceptors (Lipinski definition) is 6. The van der Waals surface area contributed by atoms with E-state index in [0.29, 0.717) is 11.3 Å². The van der Waals surface area contributed by atoms with Gasteiger partial charge in [0, 0.05) is 18.8 Å². The topological polar surface area (TPSA) is 129 Å². The van der Waals surface area contributed by atoms with Gasteiger partial charge < -0.3 is 20.1 Å². The number of nitrogens with one attached hydrogen (secondary N) is 2. The lowest BCUT2D eigenvalue weighted by molar-refractivity contribution is 0.0376. The van der Waals surface area contributed by atoms with Crippen LogP contribution < -0.4 is 5.32 Å². The molecule has 0 saturated heterocycles. The van der Waals surface area contributed by atoms with Crippen LogP contribution in [-0.2, 0) is 14.8 Å². The molecule has 1 aromatic carbocycles. The zero-order valence-corrected chi connectivity index (χ0v) is 19.4. The van der Waals surface area contributed by atoms with Crippen molar-refractivity contribution in [3.05, 3.63) is 40.7 Å². The van der Waals surface area contributed by atoms with E-state index >= 15 is 0 Å². The normalized spacial score (nSPS) is 11.7. The number of aromatic nitrogens is 1. The van der Waals surface area contributed by atoms with Crippen molar-refractivity contribution in [3.8, 4) is 5.75 Å². The van der Waals surface area contributed by atoms with Crippen LogP contribution in [0.5, 0.6) is 5.75 Å². The van der Waals surface area contributed by atoms with E-state index in [4.69, 9.17) is 4.74 Å². The van der Waals surface area contributed by atoms with Crippen molar-refractivity contribution < 1.29 is 27.9 Å². The molecule has 0 aliphatic heterocycles. The molecule has 0 radical (unpaired) electrons. The predicted molar refractivity (Wildman–Crippen MR) is 117 cm³/mol. The third-order valence-corrected chi connectivity index (χ3v) is 6.82. The summed E-state index contributed by atoms with van der Waals surface area (Å²) in [5.74, 6) is -1.46. The van der Waals surface area contributed by atoms with E-state index < -0.39 is 21.9 Å². The van der Waals surface area contributed by atoms with E-state index in [9.17, 15) is 23.1 Å². The van der Waals surface area contributed by atoms with Crippen LogP contribution in [0.1, 0.15) is 59.8 Å². The molecule has 1 heterocycles.